The molecule has 0 spiro atoms. The van der Waals surface area contributed by atoms with E-state index in [0.29, 0.717) is 31.1 Å². The lowest BCUT2D eigenvalue weighted by Gasteiger charge is -2.32. The second kappa shape index (κ2) is 8.11. The van der Waals surface area contributed by atoms with Gasteiger partial charge in [0.25, 0.3) is 5.91 Å². The molecule has 0 aliphatic carbocycles. The molecule has 7 nitrogen and oxygen atoms in total. The van der Waals surface area contributed by atoms with Crippen LogP contribution in [0.4, 0.5) is 0 Å². The molecule has 1 fully saturated rings. The fourth-order valence-electron chi connectivity index (χ4n) is 2.92. The molecule has 0 bridgehead atoms. The van der Waals surface area contributed by atoms with E-state index in [4.69, 9.17) is 9.47 Å². The molecule has 7 heteroatoms. The molecule has 3 rings (SSSR count). The molecule has 2 aromatic rings. The third-order valence-electron chi connectivity index (χ3n) is 4.31. The van der Waals surface area contributed by atoms with Crippen molar-refractivity contribution in [1.82, 2.24) is 20.1 Å². The standard InChI is InChI=1S/C18H24N4O3/c1-3-9-22-13(2)14(11-20-22)18(23)21-15-7-10-24-12-16(15)25-17-6-4-5-8-19-17/h4-6,8,11,15-16H,3,7,9-10,12H2,1-2H3,(H,21,23)/t15-,16-/m1/s1. The Bertz CT molecular complexity index is 702. The molecule has 1 aliphatic rings. The number of nitrogens with one attached hydrogen (secondary N) is 1. The Morgan fingerprint density at radius 1 is 1.48 bits per heavy atom. The summed E-state index contributed by atoms with van der Waals surface area (Å²) in [5, 5.41) is 7.37. The lowest BCUT2D eigenvalue weighted by molar-refractivity contribution is -0.0153. The molecule has 0 radical (unpaired) electrons. The minimum atomic E-state index is -0.265. The molecule has 1 amide bonds. The Morgan fingerprint density at radius 2 is 2.36 bits per heavy atom. The van der Waals surface area contributed by atoms with Crippen LogP contribution in [-0.4, -0.2) is 46.0 Å². The fraction of sp³-hybridized carbons (Fsp3) is 0.500. The van der Waals surface area contributed by atoms with Gasteiger partial charge in [-0.2, -0.15) is 5.10 Å². The van der Waals surface area contributed by atoms with Gasteiger partial charge >= 0.3 is 0 Å². The minimum Gasteiger partial charge on any atom is -0.470 e. The highest BCUT2D eigenvalue weighted by molar-refractivity contribution is 5.95. The van der Waals surface area contributed by atoms with Gasteiger partial charge in [0.05, 0.1) is 24.4 Å². The monoisotopic (exact) mass is 344 g/mol. The van der Waals surface area contributed by atoms with E-state index < -0.39 is 0 Å². The molecule has 2 atom stereocenters. The Hall–Kier alpha value is -2.41. The molecule has 25 heavy (non-hydrogen) atoms. The minimum absolute atomic E-state index is 0.124. The molecule has 1 saturated heterocycles. The Kier molecular flexibility index (Phi) is 5.65. The predicted octanol–water partition coefficient (Wildman–Crippen LogP) is 1.96. The zero-order valence-electron chi connectivity index (χ0n) is 14.6. The SMILES string of the molecule is CCCn1ncc(C(=O)N[C@@H]2CCOC[C@H]2Oc2ccccn2)c1C. The van der Waals surface area contributed by atoms with E-state index in [-0.39, 0.29) is 18.1 Å². The summed E-state index contributed by atoms with van der Waals surface area (Å²) in [6.07, 6.45) is 4.72. The van der Waals surface area contributed by atoms with Gasteiger partial charge in [-0.1, -0.05) is 13.0 Å². The number of amides is 1. The molecular formula is C18H24N4O3. The van der Waals surface area contributed by atoms with Gasteiger partial charge in [-0.05, 0) is 25.8 Å². The molecule has 1 N–H and O–H groups in total. The van der Waals surface area contributed by atoms with Crippen molar-refractivity contribution in [2.45, 2.75) is 45.4 Å². The van der Waals surface area contributed by atoms with Crippen LogP contribution in [0.25, 0.3) is 0 Å². The Labute approximate surface area is 147 Å². The maximum Gasteiger partial charge on any atom is 0.255 e. The number of pyridine rings is 1. The van der Waals surface area contributed by atoms with Gasteiger partial charge in [0.1, 0.15) is 6.10 Å². The number of nitrogens with zero attached hydrogens (tertiary/aromatic N) is 3. The highest BCUT2D eigenvalue weighted by atomic mass is 16.5. The van der Waals surface area contributed by atoms with E-state index in [9.17, 15) is 4.79 Å². The summed E-state index contributed by atoms with van der Waals surface area (Å²) in [5.74, 6) is 0.408. The zero-order chi connectivity index (χ0) is 17.6. The number of carbonyl (C=O) groups excluding carboxylic acids is 1. The molecule has 134 valence electrons. The molecule has 0 aromatic carbocycles. The van der Waals surface area contributed by atoms with Gasteiger partial charge in [-0.3, -0.25) is 9.48 Å². The smallest absolute Gasteiger partial charge is 0.255 e. The van der Waals surface area contributed by atoms with E-state index in [2.05, 4.69) is 22.3 Å². The topological polar surface area (TPSA) is 78.3 Å². The van der Waals surface area contributed by atoms with Crippen molar-refractivity contribution in [3.05, 3.63) is 41.9 Å². The Morgan fingerprint density at radius 3 is 3.12 bits per heavy atom. The van der Waals surface area contributed by atoms with E-state index in [1.807, 2.05) is 23.7 Å². The maximum atomic E-state index is 12.7. The number of rotatable bonds is 6. The summed E-state index contributed by atoms with van der Waals surface area (Å²) < 4.78 is 13.3. The first-order valence-electron chi connectivity index (χ1n) is 8.67. The molecular weight excluding hydrogens is 320 g/mol. The van der Waals surface area contributed by atoms with Crippen LogP contribution in [0.2, 0.25) is 0 Å². The van der Waals surface area contributed by atoms with Crippen LogP contribution in [0.1, 0.15) is 35.8 Å². The van der Waals surface area contributed by atoms with E-state index >= 15 is 0 Å². The number of carbonyl (C=O) groups is 1. The average molecular weight is 344 g/mol. The van der Waals surface area contributed by atoms with E-state index in [1.54, 1.807) is 18.5 Å². The summed E-state index contributed by atoms with van der Waals surface area (Å²) >= 11 is 0. The molecule has 3 heterocycles. The van der Waals surface area contributed by atoms with E-state index in [0.717, 1.165) is 18.7 Å². The normalized spacial score (nSPS) is 20.2. The first-order chi connectivity index (χ1) is 12.2. The first-order valence-corrected chi connectivity index (χ1v) is 8.67. The Balaban J connectivity index is 1.68. The lowest BCUT2D eigenvalue weighted by atomic mass is 10.1. The third kappa shape index (κ3) is 4.17. The molecule has 2 aromatic heterocycles. The summed E-state index contributed by atoms with van der Waals surface area (Å²) in [6.45, 7) is 5.84. The predicted molar refractivity (Wildman–Crippen MR) is 92.6 cm³/mol. The van der Waals surface area contributed by atoms with Crippen molar-refractivity contribution in [1.29, 1.82) is 0 Å². The maximum absolute atomic E-state index is 12.7. The average Bonchev–Trinajstić information content (AvgIpc) is 2.99. The fourth-order valence-corrected chi connectivity index (χ4v) is 2.92. The van der Waals surface area contributed by atoms with Crippen molar-refractivity contribution in [2.75, 3.05) is 13.2 Å². The van der Waals surface area contributed by atoms with E-state index in [1.165, 1.54) is 0 Å². The van der Waals surface area contributed by atoms with Gasteiger partial charge in [0, 0.05) is 31.1 Å². The second-order valence-corrected chi connectivity index (χ2v) is 6.13. The van der Waals surface area contributed by atoms with Gasteiger partial charge < -0.3 is 14.8 Å². The van der Waals surface area contributed by atoms with Crippen molar-refractivity contribution in [3.63, 3.8) is 0 Å². The summed E-state index contributed by atoms with van der Waals surface area (Å²) in [7, 11) is 0. The van der Waals surface area contributed by atoms with Crippen LogP contribution in [-0.2, 0) is 11.3 Å². The number of aryl methyl sites for hydroxylation is 1. The van der Waals surface area contributed by atoms with Crippen LogP contribution >= 0.6 is 0 Å². The van der Waals surface area contributed by atoms with Crippen molar-refractivity contribution < 1.29 is 14.3 Å². The molecule has 0 unspecified atom stereocenters. The van der Waals surface area contributed by atoms with Crippen LogP contribution in [0.5, 0.6) is 5.88 Å². The number of aromatic nitrogens is 3. The van der Waals surface area contributed by atoms with Gasteiger partial charge in [0.15, 0.2) is 0 Å². The quantitative estimate of drug-likeness (QED) is 0.867. The highest BCUT2D eigenvalue weighted by Gasteiger charge is 2.30. The molecule has 0 saturated carbocycles. The van der Waals surface area contributed by atoms with Gasteiger partial charge in [0.2, 0.25) is 5.88 Å². The van der Waals surface area contributed by atoms with Gasteiger partial charge in [-0.25, -0.2) is 4.98 Å². The van der Waals surface area contributed by atoms with Crippen molar-refractivity contribution >= 4 is 5.91 Å². The van der Waals surface area contributed by atoms with Crippen LogP contribution in [0, 0.1) is 6.92 Å². The molecule has 1 aliphatic heterocycles. The number of ether oxygens (including phenoxy) is 2. The number of hydrogen-bond acceptors (Lipinski definition) is 5. The van der Waals surface area contributed by atoms with Gasteiger partial charge in [-0.15, -0.1) is 0 Å². The summed E-state index contributed by atoms with van der Waals surface area (Å²) in [6, 6.07) is 5.37. The van der Waals surface area contributed by atoms with Crippen LogP contribution in [0.3, 0.4) is 0 Å². The first kappa shape index (κ1) is 17.4. The second-order valence-electron chi connectivity index (χ2n) is 6.13. The third-order valence-corrected chi connectivity index (χ3v) is 4.31. The van der Waals surface area contributed by atoms with Crippen LogP contribution in [0.15, 0.2) is 30.6 Å². The largest absolute Gasteiger partial charge is 0.470 e. The number of hydrogen-bond donors (Lipinski definition) is 1. The highest BCUT2D eigenvalue weighted by Crippen LogP contribution is 2.16. The zero-order valence-corrected chi connectivity index (χ0v) is 14.6. The van der Waals surface area contributed by atoms with Crippen molar-refractivity contribution in [2.24, 2.45) is 0 Å². The lowest BCUT2D eigenvalue weighted by Crippen LogP contribution is -2.51. The van der Waals surface area contributed by atoms with Crippen LogP contribution < -0.4 is 10.1 Å². The van der Waals surface area contributed by atoms with Crippen molar-refractivity contribution in [3.8, 4) is 5.88 Å². The summed E-state index contributed by atoms with van der Waals surface area (Å²) in [5.41, 5.74) is 1.49. The summed E-state index contributed by atoms with van der Waals surface area (Å²) in [4.78, 5) is 16.9.